The van der Waals surface area contributed by atoms with Gasteiger partial charge in [0.2, 0.25) is 12.1 Å². The standard InChI is InChI=1S/C30H35N7O4/c1-6-7-16-37(27-25(17-31-19-32-27)28(38)40-20(2)41-29(39)30(3,4)5)18-21-12-14-22(15-13-21)23-10-8-9-11-24(23)26-33-35-36-34-26/h8-15,17,19-20H,6-7,16,18H2,1-5H3,(H,33,34,35,36). The number of tetrazole rings is 1. The summed E-state index contributed by atoms with van der Waals surface area (Å²) in [6, 6.07) is 16.1. The Morgan fingerprint density at radius 2 is 1.76 bits per heavy atom. The van der Waals surface area contributed by atoms with E-state index in [0.717, 1.165) is 35.1 Å². The fraction of sp³-hybridized carbons (Fsp3) is 0.367. The van der Waals surface area contributed by atoms with E-state index >= 15 is 0 Å². The van der Waals surface area contributed by atoms with Crippen molar-refractivity contribution >= 4 is 17.8 Å². The quantitative estimate of drug-likeness (QED) is 0.193. The van der Waals surface area contributed by atoms with E-state index in [-0.39, 0.29) is 5.56 Å². The van der Waals surface area contributed by atoms with Crippen LogP contribution in [0.1, 0.15) is 63.4 Å². The maximum absolute atomic E-state index is 13.1. The molecule has 2 aromatic carbocycles. The van der Waals surface area contributed by atoms with Crippen LogP contribution in [0.4, 0.5) is 5.82 Å². The molecule has 4 aromatic rings. The highest BCUT2D eigenvalue weighted by Crippen LogP contribution is 2.30. The van der Waals surface area contributed by atoms with Crippen molar-refractivity contribution in [3.63, 3.8) is 0 Å². The Bertz CT molecular complexity index is 1450. The number of hydrogen-bond acceptors (Lipinski definition) is 10. The van der Waals surface area contributed by atoms with Gasteiger partial charge in [-0.1, -0.05) is 61.9 Å². The number of anilines is 1. The summed E-state index contributed by atoms with van der Waals surface area (Å²) in [6.45, 7) is 10.0. The Kier molecular flexibility index (Phi) is 9.38. The summed E-state index contributed by atoms with van der Waals surface area (Å²) in [5.41, 5.74) is 3.40. The van der Waals surface area contributed by atoms with E-state index in [9.17, 15) is 9.59 Å². The number of carbonyl (C=O) groups is 2. The van der Waals surface area contributed by atoms with Gasteiger partial charge in [0.15, 0.2) is 0 Å². The normalized spacial score (nSPS) is 12.0. The molecule has 1 unspecified atom stereocenters. The predicted molar refractivity (Wildman–Crippen MR) is 153 cm³/mol. The third-order valence-corrected chi connectivity index (χ3v) is 6.30. The lowest BCUT2D eigenvalue weighted by Gasteiger charge is -2.26. The molecule has 41 heavy (non-hydrogen) atoms. The summed E-state index contributed by atoms with van der Waals surface area (Å²) >= 11 is 0. The number of aromatic nitrogens is 6. The van der Waals surface area contributed by atoms with Crippen molar-refractivity contribution in [3.05, 3.63) is 72.2 Å². The summed E-state index contributed by atoms with van der Waals surface area (Å²) in [4.78, 5) is 35.9. The molecule has 11 nitrogen and oxygen atoms in total. The van der Waals surface area contributed by atoms with Crippen molar-refractivity contribution in [1.82, 2.24) is 30.6 Å². The number of nitrogens with one attached hydrogen (secondary N) is 1. The van der Waals surface area contributed by atoms with Crippen LogP contribution in [0, 0.1) is 5.41 Å². The van der Waals surface area contributed by atoms with Gasteiger partial charge in [-0.25, -0.2) is 14.8 Å². The lowest BCUT2D eigenvalue weighted by Crippen LogP contribution is -2.31. The smallest absolute Gasteiger partial charge is 0.346 e. The highest BCUT2D eigenvalue weighted by atomic mass is 16.7. The van der Waals surface area contributed by atoms with Crippen LogP contribution >= 0.6 is 0 Å². The van der Waals surface area contributed by atoms with Crippen molar-refractivity contribution in [2.75, 3.05) is 11.4 Å². The third-order valence-electron chi connectivity index (χ3n) is 6.30. The van der Waals surface area contributed by atoms with E-state index in [1.807, 2.05) is 41.3 Å². The Morgan fingerprint density at radius 1 is 1.02 bits per heavy atom. The molecule has 0 bridgehead atoms. The minimum absolute atomic E-state index is 0.202. The van der Waals surface area contributed by atoms with E-state index in [4.69, 9.17) is 9.47 Å². The van der Waals surface area contributed by atoms with Crippen LogP contribution in [-0.2, 0) is 20.8 Å². The van der Waals surface area contributed by atoms with Crippen molar-refractivity contribution < 1.29 is 19.1 Å². The summed E-state index contributed by atoms with van der Waals surface area (Å²) in [7, 11) is 0. The molecule has 0 aliphatic heterocycles. The van der Waals surface area contributed by atoms with Gasteiger partial charge in [-0.05, 0) is 49.1 Å². The van der Waals surface area contributed by atoms with E-state index < -0.39 is 23.6 Å². The van der Waals surface area contributed by atoms with Crippen molar-refractivity contribution in [1.29, 1.82) is 0 Å². The molecular weight excluding hydrogens is 522 g/mol. The van der Waals surface area contributed by atoms with E-state index in [2.05, 4.69) is 49.6 Å². The Labute approximate surface area is 239 Å². The molecule has 0 saturated heterocycles. The number of carbonyl (C=O) groups excluding carboxylic acids is 2. The van der Waals surface area contributed by atoms with Crippen LogP contribution < -0.4 is 4.90 Å². The zero-order chi connectivity index (χ0) is 29.4. The maximum atomic E-state index is 13.1. The van der Waals surface area contributed by atoms with Gasteiger partial charge in [0.05, 0.1) is 5.41 Å². The molecule has 0 saturated carbocycles. The predicted octanol–water partition coefficient (Wildman–Crippen LogP) is 5.22. The number of unbranched alkanes of at least 4 members (excludes halogenated alkanes) is 1. The highest BCUT2D eigenvalue weighted by molar-refractivity contribution is 5.94. The number of benzene rings is 2. The Balaban J connectivity index is 1.54. The average Bonchev–Trinajstić information content (AvgIpc) is 3.50. The Hall–Kier alpha value is -4.67. The summed E-state index contributed by atoms with van der Waals surface area (Å²) < 4.78 is 10.7. The first kappa shape index (κ1) is 29.3. The van der Waals surface area contributed by atoms with Crippen LogP contribution in [-0.4, -0.2) is 55.4 Å². The highest BCUT2D eigenvalue weighted by Gasteiger charge is 2.28. The van der Waals surface area contributed by atoms with Crippen LogP contribution in [0.5, 0.6) is 0 Å². The minimum atomic E-state index is -1.06. The monoisotopic (exact) mass is 557 g/mol. The van der Waals surface area contributed by atoms with Crippen molar-refractivity contribution in [2.24, 2.45) is 5.41 Å². The first-order valence-corrected chi connectivity index (χ1v) is 13.6. The largest absolute Gasteiger partial charge is 0.425 e. The zero-order valence-electron chi connectivity index (χ0n) is 24.0. The van der Waals surface area contributed by atoms with Crippen molar-refractivity contribution in [3.8, 4) is 22.5 Å². The van der Waals surface area contributed by atoms with E-state index in [0.29, 0.717) is 24.7 Å². The molecule has 2 aromatic heterocycles. The molecule has 214 valence electrons. The van der Waals surface area contributed by atoms with Gasteiger partial charge in [-0.2, -0.15) is 5.21 Å². The molecule has 0 amide bonds. The fourth-order valence-electron chi connectivity index (χ4n) is 4.11. The number of hydrogen-bond donors (Lipinski definition) is 1. The molecule has 0 radical (unpaired) electrons. The van der Waals surface area contributed by atoms with E-state index in [1.54, 1.807) is 20.8 Å². The number of rotatable bonds is 11. The van der Waals surface area contributed by atoms with E-state index in [1.165, 1.54) is 19.4 Å². The summed E-state index contributed by atoms with van der Waals surface area (Å²) in [6.07, 6.45) is 3.64. The maximum Gasteiger partial charge on any atom is 0.346 e. The lowest BCUT2D eigenvalue weighted by atomic mass is 9.97. The lowest BCUT2D eigenvalue weighted by molar-refractivity contribution is -0.174. The SMILES string of the molecule is CCCCN(Cc1ccc(-c2ccccc2-c2nn[nH]n2)cc1)c1ncncc1C(=O)OC(C)OC(=O)C(C)(C)C. The molecule has 0 aliphatic carbocycles. The third kappa shape index (κ3) is 7.50. The molecular formula is C30H35N7O4. The van der Waals surface area contributed by atoms with Gasteiger partial charge in [0.25, 0.3) is 0 Å². The zero-order valence-corrected chi connectivity index (χ0v) is 24.0. The molecule has 11 heteroatoms. The summed E-state index contributed by atoms with van der Waals surface area (Å²) in [5, 5.41) is 14.4. The number of H-pyrrole nitrogens is 1. The van der Waals surface area contributed by atoms with Crippen LogP contribution in [0.2, 0.25) is 0 Å². The molecule has 0 spiro atoms. The molecule has 2 heterocycles. The number of esters is 2. The van der Waals surface area contributed by atoms with Crippen LogP contribution in [0.3, 0.4) is 0 Å². The second-order valence-electron chi connectivity index (χ2n) is 10.6. The first-order valence-electron chi connectivity index (χ1n) is 13.6. The van der Waals surface area contributed by atoms with Crippen LogP contribution in [0.25, 0.3) is 22.5 Å². The topological polar surface area (TPSA) is 136 Å². The first-order chi connectivity index (χ1) is 19.7. The minimum Gasteiger partial charge on any atom is -0.425 e. The van der Waals surface area contributed by atoms with Gasteiger partial charge in [0.1, 0.15) is 17.7 Å². The molecule has 0 fully saturated rings. The fourth-order valence-corrected chi connectivity index (χ4v) is 4.11. The molecule has 4 rings (SSSR count). The van der Waals surface area contributed by atoms with Gasteiger partial charge in [-0.15, -0.1) is 10.2 Å². The second kappa shape index (κ2) is 13.1. The molecule has 0 aliphatic rings. The van der Waals surface area contributed by atoms with Crippen LogP contribution in [0.15, 0.2) is 61.1 Å². The molecule has 1 N–H and O–H groups in total. The number of ether oxygens (including phenoxy) is 2. The van der Waals surface area contributed by atoms with Gasteiger partial charge in [-0.3, -0.25) is 4.79 Å². The average molecular weight is 558 g/mol. The Morgan fingerprint density at radius 3 is 2.41 bits per heavy atom. The van der Waals surface area contributed by atoms with Gasteiger partial charge in [0, 0.05) is 31.8 Å². The number of nitrogens with zero attached hydrogens (tertiary/aromatic N) is 6. The van der Waals surface area contributed by atoms with Gasteiger partial charge < -0.3 is 14.4 Å². The molecule has 1 atom stereocenters. The van der Waals surface area contributed by atoms with Crippen molar-refractivity contribution in [2.45, 2.75) is 60.3 Å². The van der Waals surface area contributed by atoms with Gasteiger partial charge >= 0.3 is 11.9 Å². The summed E-state index contributed by atoms with van der Waals surface area (Å²) in [5.74, 6) is -0.139. The second-order valence-corrected chi connectivity index (χ2v) is 10.6. The number of aromatic amines is 1.